The molecule has 0 bridgehead atoms. The maximum atomic E-state index is 12.2. The lowest BCUT2D eigenvalue weighted by Gasteiger charge is -2.09. The number of hydrogen-bond donors (Lipinski definition) is 2. The number of aryl methyl sites for hydroxylation is 2. The zero-order chi connectivity index (χ0) is 14.0. The Hall–Kier alpha value is -1.82. The minimum atomic E-state index is -0.257. The molecule has 1 heterocycles. The van der Waals surface area contributed by atoms with Crippen LogP contribution in [0.5, 0.6) is 0 Å². The Balaban J connectivity index is 2.25. The average molecular weight is 323 g/mol. The third kappa shape index (κ3) is 2.78. The van der Waals surface area contributed by atoms with Crippen LogP contribution >= 0.6 is 15.9 Å². The molecule has 0 radical (unpaired) electrons. The molecule has 0 saturated carbocycles. The number of nitrogens with zero attached hydrogens (tertiary/aromatic N) is 2. The topological polar surface area (TPSA) is 72.9 Å². The molecule has 0 aliphatic carbocycles. The molecule has 0 aliphatic rings. The molecular weight excluding hydrogens is 308 g/mol. The van der Waals surface area contributed by atoms with E-state index in [1.54, 1.807) is 4.68 Å². The van der Waals surface area contributed by atoms with Crippen LogP contribution in [0.25, 0.3) is 0 Å². The van der Waals surface area contributed by atoms with Gasteiger partial charge in [0.2, 0.25) is 0 Å². The van der Waals surface area contributed by atoms with E-state index in [1.807, 2.05) is 32.0 Å². The molecule has 0 saturated heterocycles. The molecule has 19 heavy (non-hydrogen) atoms. The van der Waals surface area contributed by atoms with Crippen LogP contribution in [0, 0.1) is 6.92 Å². The molecule has 2 rings (SSSR count). The Morgan fingerprint density at radius 2 is 2.26 bits per heavy atom. The van der Waals surface area contributed by atoms with Gasteiger partial charge in [-0.3, -0.25) is 9.48 Å². The number of amides is 1. The fourth-order valence-electron chi connectivity index (χ4n) is 1.75. The van der Waals surface area contributed by atoms with Crippen LogP contribution in [0.3, 0.4) is 0 Å². The van der Waals surface area contributed by atoms with Crippen molar-refractivity contribution in [1.29, 1.82) is 0 Å². The van der Waals surface area contributed by atoms with Gasteiger partial charge in [0.25, 0.3) is 5.91 Å². The molecule has 0 unspecified atom stereocenters. The number of halogens is 1. The van der Waals surface area contributed by atoms with Gasteiger partial charge in [0.05, 0.1) is 11.9 Å². The van der Waals surface area contributed by atoms with Crippen molar-refractivity contribution in [3.8, 4) is 0 Å². The second-order valence-electron chi connectivity index (χ2n) is 4.18. The van der Waals surface area contributed by atoms with Crippen LogP contribution in [0.2, 0.25) is 0 Å². The largest absolute Gasteiger partial charge is 0.396 e. The van der Waals surface area contributed by atoms with Crippen LogP contribution in [0.4, 0.5) is 11.4 Å². The van der Waals surface area contributed by atoms with Gasteiger partial charge >= 0.3 is 0 Å². The van der Waals surface area contributed by atoms with E-state index in [9.17, 15) is 4.79 Å². The number of carbonyl (C=O) groups is 1. The van der Waals surface area contributed by atoms with Crippen LogP contribution in [0.1, 0.15) is 23.0 Å². The van der Waals surface area contributed by atoms with Crippen molar-refractivity contribution >= 4 is 33.2 Å². The van der Waals surface area contributed by atoms with E-state index in [1.165, 1.54) is 6.20 Å². The smallest absolute Gasteiger partial charge is 0.276 e. The molecule has 0 atom stereocenters. The number of hydrogen-bond acceptors (Lipinski definition) is 3. The standard InChI is InChI=1S/C13H15BrN4O/c1-3-18-12(11(15)7-16-18)13(19)17-9-5-4-8(2)10(14)6-9/h4-7H,3,15H2,1-2H3,(H,17,19). The number of nitrogen functional groups attached to an aromatic ring is 1. The molecule has 3 N–H and O–H groups in total. The first-order valence-corrected chi connectivity index (χ1v) is 6.71. The molecule has 0 spiro atoms. The Morgan fingerprint density at radius 3 is 2.89 bits per heavy atom. The van der Waals surface area contributed by atoms with Gasteiger partial charge in [-0.25, -0.2) is 0 Å². The molecular formula is C13H15BrN4O. The molecule has 0 aliphatic heterocycles. The second kappa shape index (κ2) is 5.44. The van der Waals surface area contributed by atoms with E-state index in [0.29, 0.717) is 23.6 Å². The Kier molecular flexibility index (Phi) is 3.90. The van der Waals surface area contributed by atoms with Gasteiger partial charge in [0.15, 0.2) is 0 Å². The van der Waals surface area contributed by atoms with E-state index in [-0.39, 0.29) is 5.91 Å². The van der Waals surface area contributed by atoms with E-state index in [4.69, 9.17) is 5.73 Å². The number of nitrogens with one attached hydrogen (secondary N) is 1. The number of rotatable bonds is 3. The summed E-state index contributed by atoms with van der Waals surface area (Å²) in [6.45, 7) is 4.49. The zero-order valence-corrected chi connectivity index (χ0v) is 12.4. The number of aromatic nitrogens is 2. The minimum Gasteiger partial charge on any atom is -0.396 e. The lowest BCUT2D eigenvalue weighted by atomic mass is 10.2. The van der Waals surface area contributed by atoms with E-state index in [0.717, 1.165) is 10.0 Å². The predicted octanol–water partition coefficient (Wildman–Crippen LogP) is 2.81. The first-order chi connectivity index (χ1) is 9.02. The summed E-state index contributed by atoms with van der Waals surface area (Å²) in [4.78, 5) is 12.2. The van der Waals surface area contributed by atoms with Crippen molar-refractivity contribution in [3.05, 3.63) is 40.1 Å². The minimum absolute atomic E-state index is 0.257. The number of benzene rings is 1. The van der Waals surface area contributed by atoms with E-state index >= 15 is 0 Å². The van der Waals surface area contributed by atoms with Crippen molar-refractivity contribution in [2.75, 3.05) is 11.1 Å². The fraction of sp³-hybridized carbons (Fsp3) is 0.231. The van der Waals surface area contributed by atoms with Crippen LogP contribution < -0.4 is 11.1 Å². The summed E-state index contributed by atoms with van der Waals surface area (Å²) < 4.78 is 2.52. The quantitative estimate of drug-likeness (QED) is 0.912. The summed E-state index contributed by atoms with van der Waals surface area (Å²) in [5.74, 6) is -0.257. The Bertz CT molecular complexity index is 621. The fourth-order valence-corrected chi connectivity index (χ4v) is 2.13. The highest BCUT2D eigenvalue weighted by molar-refractivity contribution is 9.10. The van der Waals surface area contributed by atoms with Crippen molar-refractivity contribution in [3.63, 3.8) is 0 Å². The number of nitrogens with two attached hydrogens (primary N) is 1. The van der Waals surface area contributed by atoms with E-state index in [2.05, 4.69) is 26.3 Å². The molecule has 2 aromatic rings. The molecule has 0 fully saturated rings. The Labute approximate surface area is 119 Å². The highest BCUT2D eigenvalue weighted by atomic mass is 79.9. The van der Waals surface area contributed by atoms with Gasteiger partial charge in [-0.15, -0.1) is 0 Å². The number of carbonyl (C=O) groups excluding carboxylic acids is 1. The monoisotopic (exact) mass is 322 g/mol. The first-order valence-electron chi connectivity index (χ1n) is 5.91. The lowest BCUT2D eigenvalue weighted by molar-refractivity contribution is 0.101. The molecule has 1 aromatic heterocycles. The second-order valence-corrected chi connectivity index (χ2v) is 5.04. The van der Waals surface area contributed by atoms with Gasteiger partial charge in [-0.05, 0) is 31.5 Å². The molecule has 100 valence electrons. The average Bonchev–Trinajstić information content (AvgIpc) is 2.75. The Morgan fingerprint density at radius 1 is 1.53 bits per heavy atom. The highest BCUT2D eigenvalue weighted by Crippen LogP contribution is 2.21. The molecule has 1 amide bonds. The maximum Gasteiger partial charge on any atom is 0.276 e. The maximum absolute atomic E-state index is 12.2. The molecule has 6 heteroatoms. The predicted molar refractivity (Wildman–Crippen MR) is 79.1 cm³/mol. The van der Waals surface area contributed by atoms with Gasteiger partial charge in [-0.2, -0.15) is 5.10 Å². The molecule has 5 nitrogen and oxygen atoms in total. The third-order valence-electron chi connectivity index (χ3n) is 2.81. The van der Waals surface area contributed by atoms with Crippen molar-refractivity contribution in [2.24, 2.45) is 0 Å². The van der Waals surface area contributed by atoms with E-state index < -0.39 is 0 Å². The van der Waals surface area contributed by atoms with Gasteiger partial charge in [0.1, 0.15) is 5.69 Å². The summed E-state index contributed by atoms with van der Waals surface area (Å²) in [5.41, 5.74) is 8.36. The van der Waals surface area contributed by atoms with Crippen LogP contribution in [-0.4, -0.2) is 15.7 Å². The summed E-state index contributed by atoms with van der Waals surface area (Å²) in [7, 11) is 0. The normalized spacial score (nSPS) is 10.5. The first kappa shape index (κ1) is 13.6. The third-order valence-corrected chi connectivity index (χ3v) is 3.67. The summed E-state index contributed by atoms with van der Waals surface area (Å²) >= 11 is 3.43. The molecule has 1 aromatic carbocycles. The summed E-state index contributed by atoms with van der Waals surface area (Å²) in [5, 5.41) is 6.87. The summed E-state index contributed by atoms with van der Waals surface area (Å²) in [6.07, 6.45) is 1.49. The van der Waals surface area contributed by atoms with Crippen molar-refractivity contribution in [2.45, 2.75) is 20.4 Å². The summed E-state index contributed by atoms with van der Waals surface area (Å²) in [6, 6.07) is 5.64. The highest BCUT2D eigenvalue weighted by Gasteiger charge is 2.16. The van der Waals surface area contributed by atoms with Gasteiger partial charge in [0, 0.05) is 16.7 Å². The van der Waals surface area contributed by atoms with Crippen molar-refractivity contribution < 1.29 is 4.79 Å². The van der Waals surface area contributed by atoms with Crippen molar-refractivity contribution in [1.82, 2.24) is 9.78 Å². The van der Waals surface area contributed by atoms with Gasteiger partial charge in [-0.1, -0.05) is 22.0 Å². The number of anilines is 2. The van der Waals surface area contributed by atoms with Crippen LogP contribution in [-0.2, 0) is 6.54 Å². The lowest BCUT2D eigenvalue weighted by Crippen LogP contribution is -2.18. The SMILES string of the molecule is CCn1ncc(N)c1C(=O)Nc1ccc(C)c(Br)c1. The zero-order valence-electron chi connectivity index (χ0n) is 10.8. The van der Waals surface area contributed by atoms with Crippen LogP contribution in [0.15, 0.2) is 28.9 Å². The van der Waals surface area contributed by atoms with Gasteiger partial charge < -0.3 is 11.1 Å².